The van der Waals surface area contributed by atoms with E-state index in [0.29, 0.717) is 6.04 Å². The van der Waals surface area contributed by atoms with Gasteiger partial charge in [-0.15, -0.1) is 11.3 Å². The second-order valence-corrected chi connectivity index (χ2v) is 5.69. The summed E-state index contributed by atoms with van der Waals surface area (Å²) in [6.07, 6.45) is 6.83. The molecule has 1 aromatic rings. The van der Waals surface area contributed by atoms with E-state index in [0.717, 1.165) is 5.92 Å². The third-order valence-electron chi connectivity index (χ3n) is 3.25. The molecule has 78 valence electrons. The molecule has 0 amide bonds. The van der Waals surface area contributed by atoms with Gasteiger partial charge in [-0.2, -0.15) is 0 Å². The van der Waals surface area contributed by atoms with Gasteiger partial charge < -0.3 is 5.73 Å². The van der Waals surface area contributed by atoms with Gasteiger partial charge in [-0.3, -0.25) is 0 Å². The van der Waals surface area contributed by atoms with Crippen LogP contribution in [-0.4, -0.2) is 0 Å². The molecule has 0 aliphatic heterocycles. The molecule has 1 nitrogen and oxygen atoms in total. The first kappa shape index (κ1) is 10.2. The number of nitrogens with two attached hydrogens (primary N) is 1. The lowest BCUT2D eigenvalue weighted by atomic mass is 9.84. The van der Waals surface area contributed by atoms with Crippen LogP contribution >= 0.6 is 11.3 Å². The fourth-order valence-corrected chi connectivity index (χ4v) is 3.33. The Bertz CT molecular complexity index is 286. The molecule has 2 heteroatoms. The maximum Gasteiger partial charge on any atom is 0.0418 e. The number of hydrogen-bond acceptors (Lipinski definition) is 2. The lowest BCUT2D eigenvalue weighted by Crippen LogP contribution is -2.22. The van der Waals surface area contributed by atoms with Gasteiger partial charge in [0, 0.05) is 15.8 Å². The molecule has 0 spiro atoms. The second kappa shape index (κ2) is 4.45. The summed E-state index contributed by atoms with van der Waals surface area (Å²) in [6, 6.07) is 4.69. The average molecular weight is 209 g/mol. The zero-order chi connectivity index (χ0) is 9.97. The van der Waals surface area contributed by atoms with Crippen LogP contribution in [0.25, 0.3) is 0 Å². The summed E-state index contributed by atoms with van der Waals surface area (Å²) in [5.41, 5.74) is 6.29. The van der Waals surface area contributed by atoms with Crippen molar-refractivity contribution in [3.8, 4) is 0 Å². The highest BCUT2D eigenvalue weighted by atomic mass is 32.1. The minimum Gasteiger partial charge on any atom is -0.323 e. The van der Waals surface area contributed by atoms with Gasteiger partial charge in [0.05, 0.1) is 0 Å². The van der Waals surface area contributed by atoms with Gasteiger partial charge in [-0.1, -0.05) is 19.3 Å². The molecule has 1 fully saturated rings. The number of hydrogen-bond donors (Lipinski definition) is 1. The Morgan fingerprint density at radius 3 is 2.57 bits per heavy atom. The molecule has 2 N–H and O–H groups in total. The quantitative estimate of drug-likeness (QED) is 0.790. The maximum atomic E-state index is 6.29. The lowest BCUT2D eigenvalue weighted by Gasteiger charge is -2.26. The van der Waals surface area contributed by atoms with Crippen LogP contribution in [0.3, 0.4) is 0 Å². The molecule has 1 saturated carbocycles. The summed E-state index contributed by atoms with van der Waals surface area (Å²) < 4.78 is 0. The van der Waals surface area contributed by atoms with E-state index in [4.69, 9.17) is 5.73 Å². The van der Waals surface area contributed by atoms with Gasteiger partial charge in [0.15, 0.2) is 0 Å². The van der Waals surface area contributed by atoms with E-state index in [-0.39, 0.29) is 0 Å². The van der Waals surface area contributed by atoms with E-state index in [1.807, 2.05) is 11.3 Å². The van der Waals surface area contributed by atoms with Crippen LogP contribution in [-0.2, 0) is 0 Å². The van der Waals surface area contributed by atoms with Crippen molar-refractivity contribution in [3.63, 3.8) is 0 Å². The zero-order valence-corrected chi connectivity index (χ0v) is 9.65. The Kier molecular flexibility index (Phi) is 3.24. The Hall–Kier alpha value is -0.340. The van der Waals surface area contributed by atoms with Crippen molar-refractivity contribution < 1.29 is 0 Å². The summed E-state index contributed by atoms with van der Waals surface area (Å²) in [7, 11) is 0. The second-order valence-electron chi connectivity index (χ2n) is 4.37. The number of aryl methyl sites for hydroxylation is 1. The summed E-state index contributed by atoms with van der Waals surface area (Å²) in [4.78, 5) is 2.76. The fraction of sp³-hybridized carbons (Fsp3) is 0.667. The Labute approximate surface area is 90.3 Å². The van der Waals surface area contributed by atoms with Gasteiger partial charge in [0.1, 0.15) is 0 Å². The highest BCUT2D eigenvalue weighted by Crippen LogP contribution is 2.35. The summed E-state index contributed by atoms with van der Waals surface area (Å²) in [6.45, 7) is 2.15. The molecule has 2 rings (SSSR count). The molecule has 0 saturated heterocycles. The SMILES string of the molecule is Cc1ccc(C(N)C2CCCCC2)s1. The van der Waals surface area contributed by atoms with Gasteiger partial charge in [0.2, 0.25) is 0 Å². The summed E-state index contributed by atoms with van der Waals surface area (Å²) >= 11 is 1.86. The normalized spacial score (nSPS) is 21.0. The lowest BCUT2D eigenvalue weighted by molar-refractivity contribution is 0.311. The fourth-order valence-electron chi connectivity index (χ4n) is 2.36. The first-order chi connectivity index (χ1) is 6.77. The van der Waals surface area contributed by atoms with Crippen LogP contribution in [0.5, 0.6) is 0 Å². The molecule has 1 aliphatic rings. The smallest absolute Gasteiger partial charge is 0.0418 e. The Balaban J connectivity index is 2.03. The Morgan fingerprint density at radius 2 is 2.00 bits per heavy atom. The van der Waals surface area contributed by atoms with Gasteiger partial charge >= 0.3 is 0 Å². The van der Waals surface area contributed by atoms with E-state index < -0.39 is 0 Å². The van der Waals surface area contributed by atoms with Crippen LogP contribution in [0.2, 0.25) is 0 Å². The van der Waals surface area contributed by atoms with Crippen molar-refractivity contribution in [2.75, 3.05) is 0 Å². The van der Waals surface area contributed by atoms with E-state index in [2.05, 4.69) is 19.1 Å². The van der Waals surface area contributed by atoms with Crippen LogP contribution < -0.4 is 5.73 Å². The van der Waals surface area contributed by atoms with Crippen LogP contribution in [0.4, 0.5) is 0 Å². The summed E-state index contributed by atoms with van der Waals surface area (Å²) in [5.74, 6) is 0.738. The van der Waals surface area contributed by atoms with Gasteiger partial charge in [-0.25, -0.2) is 0 Å². The molecule has 1 aliphatic carbocycles. The number of thiophene rings is 1. The van der Waals surface area contributed by atoms with Crippen molar-refractivity contribution in [2.24, 2.45) is 11.7 Å². The van der Waals surface area contributed by atoms with Crippen molar-refractivity contribution >= 4 is 11.3 Å². The first-order valence-electron chi connectivity index (χ1n) is 5.59. The van der Waals surface area contributed by atoms with Crippen molar-refractivity contribution in [1.29, 1.82) is 0 Å². The van der Waals surface area contributed by atoms with Gasteiger partial charge in [-0.05, 0) is 37.8 Å². The van der Waals surface area contributed by atoms with Crippen molar-refractivity contribution in [3.05, 3.63) is 21.9 Å². The third kappa shape index (κ3) is 2.18. The molecular weight excluding hydrogens is 190 g/mol. The molecule has 0 bridgehead atoms. The molecule has 1 atom stereocenters. The minimum absolute atomic E-state index is 0.300. The third-order valence-corrected chi connectivity index (χ3v) is 4.35. The largest absolute Gasteiger partial charge is 0.323 e. The highest BCUT2D eigenvalue weighted by molar-refractivity contribution is 7.12. The predicted octanol–water partition coefficient (Wildman–Crippen LogP) is 3.64. The highest BCUT2D eigenvalue weighted by Gasteiger charge is 2.22. The maximum absolute atomic E-state index is 6.29. The first-order valence-corrected chi connectivity index (χ1v) is 6.41. The molecule has 1 aromatic heterocycles. The summed E-state index contributed by atoms with van der Waals surface area (Å²) in [5, 5.41) is 0. The minimum atomic E-state index is 0.300. The average Bonchev–Trinajstić information content (AvgIpc) is 2.65. The van der Waals surface area contributed by atoms with E-state index in [9.17, 15) is 0 Å². The van der Waals surface area contributed by atoms with Crippen LogP contribution in [0.1, 0.15) is 47.9 Å². The van der Waals surface area contributed by atoms with E-state index >= 15 is 0 Å². The topological polar surface area (TPSA) is 26.0 Å². The predicted molar refractivity (Wildman–Crippen MR) is 62.6 cm³/mol. The van der Waals surface area contributed by atoms with Crippen molar-refractivity contribution in [2.45, 2.75) is 45.1 Å². The molecule has 0 radical (unpaired) electrons. The molecule has 1 unspecified atom stereocenters. The monoisotopic (exact) mass is 209 g/mol. The van der Waals surface area contributed by atoms with Crippen LogP contribution in [0.15, 0.2) is 12.1 Å². The molecule has 1 heterocycles. The van der Waals surface area contributed by atoms with Gasteiger partial charge in [0.25, 0.3) is 0 Å². The molecular formula is C12H19NS. The molecule has 0 aromatic carbocycles. The standard InChI is InChI=1S/C12H19NS/c1-9-7-8-11(14-9)12(13)10-5-3-2-4-6-10/h7-8,10,12H,2-6,13H2,1H3. The van der Waals surface area contributed by atoms with Crippen LogP contribution in [0, 0.1) is 12.8 Å². The van der Waals surface area contributed by atoms with Crippen molar-refractivity contribution in [1.82, 2.24) is 0 Å². The number of rotatable bonds is 2. The van der Waals surface area contributed by atoms with E-state index in [1.54, 1.807) is 0 Å². The van der Waals surface area contributed by atoms with E-state index in [1.165, 1.54) is 41.9 Å². The Morgan fingerprint density at radius 1 is 1.29 bits per heavy atom. The zero-order valence-electron chi connectivity index (χ0n) is 8.83. The molecule has 14 heavy (non-hydrogen) atoms.